The maximum atomic E-state index is 11.4. The van der Waals surface area contributed by atoms with Crippen LogP contribution >= 0.6 is 0 Å². The van der Waals surface area contributed by atoms with Gasteiger partial charge >= 0.3 is 35.0 Å². The monoisotopic (exact) mass is 536 g/mol. The second-order valence-corrected chi connectivity index (χ2v) is 10.5. The predicted octanol–water partition coefficient (Wildman–Crippen LogP) is 4.97. The zero-order valence-electron chi connectivity index (χ0n) is 22.9. The first-order chi connectivity index (χ1) is 18.1. The van der Waals surface area contributed by atoms with E-state index >= 15 is 0 Å². The van der Waals surface area contributed by atoms with Crippen LogP contribution in [0.3, 0.4) is 0 Å². The first kappa shape index (κ1) is 28.8. The topological polar surface area (TPSA) is 131 Å². The maximum Gasteiger partial charge on any atom is 2.00 e. The Morgan fingerprint density at radius 3 is 2.31 bits per heavy atom. The molecule has 0 fully saturated rings. The molecule has 8 bridgehead atoms. The van der Waals surface area contributed by atoms with Gasteiger partial charge in [-0.1, -0.05) is 82.6 Å². The fraction of sp³-hybridized carbons (Fsp3) is 0.400. The van der Waals surface area contributed by atoms with Crippen LogP contribution in [0.5, 0.6) is 0 Å². The van der Waals surface area contributed by atoms with Gasteiger partial charge in [-0.05, 0) is 40.5 Å². The van der Waals surface area contributed by atoms with Gasteiger partial charge in [-0.2, -0.15) is 11.4 Å². The van der Waals surface area contributed by atoms with Gasteiger partial charge in [-0.15, -0.1) is 22.8 Å². The summed E-state index contributed by atoms with van der Waals surface area (Å²) in [6, 6.07) is 1.90. The number of nitrogens with zero attached hydrogens (tertiary/aromatic N) is 4. The quantitative estimate of drug-likeness (QED) is 0.501. The molecule has 2 aromatic rings. The number of fused-ring (bicyclic) bond motifs is 8. The smallest absolute Gasteiger partial charge is 0.678 e. The third-order valence-electron chi connectivity index (χ3n) is 7.81. The Kier molecular flexibility index (Phi) is 8.51. The summed E-state index contributed by atoms with van der Waals surface area (Å²) in [4.78, 5) is 32.7. The van der Waals surface area contributed by atoms with E-state index in [0.717, 1.165) is 61.9 Å². The minimum atomic E-state index is -0.858. The van der Waals surface area contributed by atoms with Crippen molar-refractivity contribution < 1.29 is 19.8 Å². The van der Waals surface area contributed by atoms with Crippen molar-refractivity contribution in [3.05, 3.63) is 90.4 Å². The molecule has 0 radical (unpaired) electrons. The number of rotatable bonds is 6. The van der Waals surface area contributed by atoms with Crippen molar-refractivity contribution in [3.8, 4) is 0 Å². The number of carbonyl (C=O) groups is 2. The summed E-state index contributed by atoms with van der Waals surface area (Å²) in [7, 11) is 0. The van der Waals surface area contributed by atoms with Gasteiger partial charge in [0.1, 0.15) is 0 Å². The Morgan fingerprint density at radius 1 is 0.872 bits per heavy atom. The molecule has 0 aliphatic carbocycles. The summed E-state index contributed by atoms with van der Waals surface area (Å²) in [5.74, 6) is -1.71. The summed E-state index contributed by atoms with van der Waals surface area (Å²) in [6.07, 6.45) is 8.05. The summed E-state index contributed by atoms with van der Waals surface area (Å²) in [6.45, 7) is 8.15. The summed E-state index contributed by atoms with van der Waals surface area (Å²) >= 11 is 0. The molecule has 200 valence electrons. The van der Waals surface area contributed by atoms with Crippen molar-refractivity contribution >= 4 is 47.1 Å². The molecule has 39 heavy (non-hydrogen) atoms. The third-order valence-corrected chi connectivity index (χ3v) is 7.81. The van der Waals surface area contributed by atoms with E-state index in [1.165, 1.54) is 0 Å². The summed E-state index contributed by atoms with van der Waals surface area (Å²) in [5, 5.41) is 28.7. The number of hydrogen-bond acceptors (Lipinski definition) is 2. The molecule has 0 amide bonds. The Labute approximate surface area is 244 Å². The molecule has 8 nitrogen and oxygen atoms in total. The van der Waals surface area contributed by atoms with Gasteiger partial charge in [0.25, 0.3) is 0 Å². The van der Waals surface area contributed by atoms with Gasteiger partial charge in [-0.3, -0.25) is 9.59 Å². The normalized spacial score (nSPS) is 22.6. The number of allylic oxidation sites excluding steroid dienone is 2. The van der Waals surface area contributed by atoms with Gasteiger partial charge in [0.15, 0.2) is 0 Å². The van der Waals surface area contributed by atoms with Crippen LogP contribution in [0.1, 0.15) is 72.6 Å². The number of carboxylic acids is 2. The molecule has 2 N–H and O–H groups in total. The Morgan fingerprint density at radius 2 is 1.59 bits per heavy atom. The fourth-order valence-electron chi connectivity index (χ4n) is 5.59. The molecule has 2 atom stereocenters. The van der Waals surface area contributed by atoms with Crippen LogP contribution < -0.4 is 9.97 Å². The second kappa shape index (κ2) is 11.5. The standard InChI is InChI=1S/C30H32N4O4.Mg/c1-15-9-20-12-25-17(3)21(5-7-29(35)36)27(33-25)14-28-22(6-8-30(37)38)18(4)26(34-28)13-24-16(2)10-19(32-24)11-23(15)31-20;/h9-11,14,24-25H,5-8,12-13H2,1-4H3,(H,35,36)(H,37,38);/q-4;+2/b19-11-,27-14-;. The Balaban J connectivity index is 0.00000353. The number of aryl methyl sites for hydroxylation is 1. The summed E-state index contributed by atoms with van der Waals surface area (Å²) < 4.78 is 0. The van der Waals surface area contributed by atoms with Gasteiger partial charge in [-0.25, -0.2) is 0 Å². The van der Waals surface area contributed by atoms with Crippen LogP contribution in [0.15, 0.2) is 40.3 Å². The molecule has 2 unspecified atom stereocenters. The molecule has 9 heteroatoms. The van der Waals surface area contributed by atoms with Gasteiger partial charge in [0.2, 0.25) is 0 Å². The molecule has 5 heterocycles. The van der Waals surface area contributed by atoms with Crippen molar-refractivity contribution in [1.29, 1.82) is 0 Å². The van der Waals surface area contributed by atoms with E-state index in [4.69, 9.17) is 20.6 Å². The first-order valence-electron chi connectivity index (χ1n) is 13.0. The Hall–Kier alpha value is -3.17. The van der Waals surface area contributed by atoms with Crippen LogP contribution in [0, 0.1) is 13.8 Å². The molecule has 5 rings (SSSR count). The molecular formula is C30H32MgN4O4-2. The van der Waals surface area contributed by atoms with Crippen molar-refractivity contribution in [3.63, 3.8) is 0 Å². The molecule has 0 saturated carbocycles. The number of aliphatic carboxylic acids is 2. The van der Waals surface area contributed by atoms with Crippen LogP contribution in [-0.4, -0.2) is 57.3 Å². The molecule has 0 aromatic carbocycles. The van der Waals surface area contributed by atoms with E-state index in [1.807, 2.05) is 26.0 Å². The van der Waals surface area contributed by atoms with E-state index in [9.17, 15) is 19.8 Å². The molecule has 3 aliphatic rings. The van der Waals surface area contributed by atoms with Crippen molar-refractivity contribution in [2.24, 2.45) is 0 Å². The second-order valence-electron chi connectivity index (χ2n) is 10.5. The third kappa shape index (κ3) is 6.04. The number of aromatic nitrogens is 2. The minimum Gasteiger partial charge on any atom is -0.678 e. The van der Waals surface area contributed by atoms with Gasteiger partial charge < -0.3 is 30.8 Å². The maximum absolute atomic E-state index is 11.4. The van der Waals surface area contributed by atoms with Gasteiger partial charge in [0, 0.05) is 12.8 Å². The molecule has 0 spiro atoms. The van der Waals surface area contributed by atoms with Crippen LogP contribution in [0.4, 0.5) is 0 Å². The van der Waals surface area contributed by atoms with Crippen LogP contribution in [-0.2, 0) is 28.9 Å². The van der Waals surface area contributed by atoms with Crippen molar-refractivity contribution in [1.82, 2.24) is 9.97 Å². The van der Waals surface area contributed by atoms with Gasteiger partial charge in [0.05, 0.1) is 0 Å². The van der Waals surface area contributed by atoms with Crippen LogP contribution in [0.25, 0.3) is 22.8 Å². The van der Waals surface area contributed by atoms with E-state index in [2.05, 4.69) is 26.0 Å². The average Bonchev–Trinajstić information content (AvgIpc) is 3.53. The zero-order valence-corrected chi connectivity index (χ0v) is 24.3. The summed E-state index contributed by atoms with van der Waals surface area (Å²) in [5.41, 5.74) is 11.2. The van der Waals surface area contributed by atoms with Crippen LogP contribution in [0.2, 0.25) is 0 Å². The average molecular weight is 537 g/mol. The van der Waals surface area contributed by atoms with Crippen molar-refractivity contribution in [2.75, 3.05) is 0 Å². The Bertz CT molecular complexity index is 1440. The van der Waals surface area contributed by atoms with Crippen molar-refractivity contribution in [2.45, 2.75) is 78.3 Å². The number of carboxylic acid groups (broad SMARTS) is 2. The predicted molar refractivity (Wildman–Crippen MR) is 152 cm³/mol. The van der Waals surface area contributed by atoms with E-state index in [0.29, 0.717) is 31.4 Å². The fourth-order valence-corrected chi connectivity index (χ4v) is 5.59. The molecular weight excluding hydrogens is 505 g/mol. The largest absolute Gasteiger partial charge is 2.00 e. The molecule has 3 aliphatic heterocycles. The number of hydrogen-bond donors (Lipinski definition) is 2. The molecule has 2 aromatic heterocycles. The zero-order chi connectivity index (χ0) is 27.1. The first-order valence-corrected chi connectivity index (χ1v) is 13.0. The van der Waals surface area contributed by atoms with E-state index in [1.54, 1.807) is 0 Å². The molecule has 0 saturated heterocycles. The van der Waals surface area contributed by atoms with E-state index in [-0.39, 0.29) is 48.0 Å². The SMILES string of the molecule is CC1=C/C2=C/c3[n-]c(cc3C)CC3[N-]/C(=C\c4[n-]c(c(C)c4CCC(=O)O)CC1[N-]2)C(CCC(=O)O)=C3C.[Mg+2]. The van der Waals surface area contributed by atoms with E-state index < -0.39 is 11.9 Å². The minimum absolute atomic E-state index is 0.